The topological polar surface area (TPSA) is 53.6 Å². The molecule has 0 spiro atoms. The number of aromatic amines is 1. The molecular weight excluding hydrogens is 308 g/mol. The van der Waals surface area contributed by atoms with Gasteiger partial charge in [0, 0.05) is 34.4 Å². The first-order chi connectivity index (χ1) is 12.4. The van der Waals surface area contributed by atoms with Crippen molar-refractivity contribution in [2.45, 2.75) is 6.54 Å². The standard InChI is InChI=1S/C21H16N4/c1-3-7-18-15(5-1)9-14(11-22-18)12-23-21-10-17-16-6-2-4-8-19(16)25-20(17)13-24-21/h1-11,13,25H,12H2,(H,23,24). The second-order valence-electron chi connectivity index (χ2n) is 6.18. The lowest BCUT2D eigenvalue weighted by atomic mass is 10.1. The van der Waals surface area contributed by atoms with E-state index < -0.39 is 0 Å². The van der Waals surface area contributed by atoms with Crippen molar-refractivity contribution >= 4 is 38.5 Å². The van der Waals surface area contributed by atoms with E-state index in [1.807, 2.05) is 36.7 Å². The van der Waals surface area contributed by atoms with Gasteiger partial charge in [-0.15, -0.1) is 0 Å². The van der Waals surface area contributed by atoms with Crippen LogP contribution in [-0.2, 0) is 6.54 Å². The van der Waals surface area contributed by atoms with Crippen LogP contribution in [0.2, 0.25) is 0 Å². The molecular formula is C21H16N4. The summed E-state index contributed by atoms with van der Waals surface area (Å²) in [5.74, 6) is 0.866. The molecule has 4 heteroatoms. The third-order valence-electron chi connectivity index (χ3n) is 4.51. The molecule has 25 heavy (non-hydrogen) atoms. The van der Waals surface area contributed by atoms with Crippen molar-refractivity contribution in [1.82, 2.24) is 15.0 Å². The van der Waals surface area contributed by atoms with Gasteiger partial charge < -0.3 is 10.3 Å². The number of anilines is 1. The van der Waals surface area contributed by atoms with Gasteiger partial charge in [0.05, 0.1) is 17.2 Å². The van der Waals surface area contributed by atoms with E-state index in [9.17, 15) is 0 Å². The number of hydrogen-bond acceptors (Lipinski definition) is 3. The van der Waals surface area contributed by atoms with Gasteiger partial charge in [0.15, 0.2) is 0 Å². The van der Waals surface area contributed by atoms with Gasteiger partial charge in [0.25, 0.3) is 0 Å². The number of aromatic nitrogens is 3. The molecule has 0 bridgehead atoms. The molecule has 5 rings (SSSR count). The summed E-state index contributed by atoms with van der Waals surface area (Å²) >= 11 is 0. The van der Waals surface area contributed by atoms with Crippen molar-refractivity contribution in [1.29, 1.82) is 0 Å². The summed E-state index contributed by atoms with van der Waals surface area (Å²) in [4.78, 5) is 12.4. The van der Waals surface area contributed by atoms with Gasteiger partial charge >= 0.3 is 0 Å². The fraction of sp³-hybridized carbons (Fsp3) is 0.0476. The Hall–Kier alpha value is -3.40. The van der Waals surface area contributed by atoms with E-state index in [2.05, 4.69) is 56.7 Å². The fourth-order valence-corrected chi connectivity index (χ4v) is 3.25. The van der Waals surface area contributed by atoms with Crippen LogP contribution >= 0.6 is 0 Å². The predicted molar refractivity (Wildman–Crippen MR) is 103 cm³/mol. The van der Waals surface area contributed by atoms with Crippen LogP contribution in [-0.4, -0.2) is 15.0 Å². The van der Waals surface area contributed by atoms with Crippen molar-refractivity contribution in [3.05, 3.63) is 78.6 Å². The Morgan fingerprint density at radius 1 is 0.800 bits per heavy atom. The zero-order valence-corrected chi connectivity index (χ0v) is 13.5. The van der Waals surface area contributed by atoms with Crippen LogP contribution in [0.15, 0.2) is 73.1 Å². The number of para-hydroxylation sites is 2. The van der Waals surface area contributed by atoms with Crippen LogP contribution in [0.5, 0.6) is 0 Å². The van der Waals surface area contributed by atoms with Crippen molar-refractivity contribution in [2.24, 2.45) is 0 Å². The molecule has 3 heterocycles. The van der Waals surface area contributed by atoms with Crippen LogP contribution in [0.4, 0.5) is 5.82 Å². The number of H-pyrrole nitrogens is 1. The number of hydrogen-bond donors (Lipinski definition) is 2. The van der Waals surface area contributed by atoms with E-state index in [0.29, 0.717) is 6.54 Å². The van der Waals surface area contributed by atoms with Crippen LogP contribution in [0.1, 0.15) is 5.56 Å². The van der Waals surface area contributed by atoms with E-state index in [0.717, 1.165) is 33.3 Å². The predicted octanol–water partition coefficient (Wildman–Crippen LogP) is 4.88. The van der Waals surface area contributed by atoms with Crippen molar-refractivity contribution in [2.75, 3.05) is 5.32 Å². The van der Waals surface area contributed by atoms with Crippen molar-refractivity contribution < 1.29 is 0 Å². The Morgan fingerprint density at radius 2 is 1.68 bits per heavy atom. The molecule has 0 atom stereocenters. The molecule has 3 aromatic heterocycles. The zero-order valence-electron chi connectivity index (χ0n) is 13.5. The summed E-state index contributed by atoms with van der Waals surface area (Å²) in [5.41, 5.74) is 4.35. The van der Waals surface area contributed by atoms with E-state index in [1.165, 1.54) is 10.8 Å². The highest BCUT2D eigenvalue weighted by atomic mass is 15.0. The first-order valence-corrected chi connectivity index (χ1v) is 8.31. The lowest BCUT2D eigenvalue weighted by Gasteiger charge is -2.07. The van der Waals surface area contributed by atoms with Crippen LogP contribution < -0.4 is 5.32 Å². The number of pyridine rings is 2. The molecule has 5 aromatic rings. The Morgan fingerprint density at radius 3 is 2.68 bits per heavy atom. The Bertz CT molecular complexity index is 1210. The molecule has 0 radical (unpaired) electrons. The molecule has 0 aliphatic carbocycles. The highest BCUT2D eigenvalue weighted by molar-refractivity contribution is 6.07. The summed E-state index contributed by atoms with van der Waals surface area (Å²) in [6, 6.07) is 20.7. The third kappa shape index (κ3) is 2.48. The summed E-state index contributed by atoms with van der Waals surface area (Å²) in [6.45, 7) is 0.693. The minimum Gasteiger partial charge on any atom is -0.366 e. The van der Waals surface area contributed by atoms with Crippen LogP contribution in [0.3, 0.4) is 0 Å². The summed E-state index contributed by atoms with van der Waals surface area (Å²) in [6.07, 6.45) is 3.80. The molecule has 0 aliphatic rings. The lowest BCUT2D eigenvalue weighted by Crippen LogP contribution is -2.01. The zero-order chi connectivity index (χ0) is 16.6. The van der Waals surface area contributed by atoms with Gasteiger partial charge in [-0.3, -0.25) is 4.98 Å². The number of nitrogens with zero attached hydrogens (tertiary/aromatic N) is 2. The van der Waals surface area contributed by atoms with E-state index >= 15 is 0 Å². The second-order valence-corrected chi connectivity index (χ2v) is 6.18. The molecule has 0 fully saturated rings. The van der Waals surface area contributed by atoms with Gasteiger partial charge in [0.1, 0.15) is 5.82 Å². The quantitative estimate of drug-likeness (QED) is 0.497. The lowest BCUT2D eigenvalue weighted by molar-refractivity contribution is 1.10. The van der Waals surface area contributed by atoms with Gasteiger partial charge in [-0.1, -0.05) is 36.4 Å². The first-order valence-electron chi connectivity index (χ1n) is 8.31. The second kappa shape index (κ2) is 5.60. The van der Waals surface area contributed by atoms with E-state index in [-0.39, 0.29) is 0 Å². The number of fused-ring (bicyclic) bond motifs is 4. The minimum atomic E-state index is 0.693. The molecule has 0 saturated heterocycles. The number of rotatable bonds is 3. The normalized spacial score (nSPS) is 11.4. The smallest absolute Gasteiger partial charge is 0.126 e. The maximum absolute atomic E-state index is 4.52. The van der Waals surface area contributed by atoms with Crippen LogP contribution in [0, 0.1) is 0 Å². The summed E-state index contributed by atoms with van der Waals surface area (Å²) < 4.78 is 0. The maximum atomic E-state index is 4.52. The molecule has 4 nitrogen and oxygen atoms in total. The minimum absolute atomic E-state index is 0.693. The average Bonchev–Trinajstić information content (AvgIpc) is 3.04. The average molecular weight is 324 g/mol. The molecule has 2 N–H and O–H groups in total. The highest BCUT2D eigenvalue weighted by Crippen LogP contribution is 2.26. The first kappa shape index (κ1) is 14.0. The van der Waals surface area contributed by atoms with Gasteiger partial charge in [-0.25, -0.2) is 4.98 Å². The van der Waals surface area contributed by atoms with Gasteiger partial charge in [-0.2, -0.15) is 0 Å². The molecule has 0 unspecified atom stereocenters. The number of nitrogens with one attached hydrogen (secondary N) is 2. The maximum Gasteiger partial charge on any atom is 0.126 e. The molecule has 0 aliphatic heterocycles. The monoisotopic (exact) mass is 324 g/mol. The molecule has 120 valence electrons. The van der Waals surface area contributed by atoms with E-state index in [1.54, 1.807) is 0 Å². The van der Waals surface area contributed by atoms with E-state index in [4.69, 9.17) is 0 Å². The Labute approximate surface area is 144 Å². The highest BCUT2D eigenvalue weighted by Gasteiger charge is 2.05. The Kier molecular flexibility index (Phi) is 3.13. The fourth-order valence-electron chi connectivity index (χ4n) is 3.25. The largest absolute Gasteiger partial charge is 0.366 e. The van der Waals surface area contributed by atoms with Crippen molar-refractivity contribution in [3.63, 3.8) is 0 Å². The van der Waals surface area contributed by atoms with Crippen LogP contribution in [0.25, 0.3) is 32.7 Å². The Balaban J connectivity index is 1.45. The van der Waals surface area contributed by atoms with Gasteiger partial charge in [0.2, 0.25) is 0 Å². The SMILES string of the molecule is c1ccc2ncc(CNc3cc4c(cn3)[nH]c3ccccc34)cc2c1. The summed E-state index contributed by atoms with van der Waals surface area (Å²) in [5, 5.41) is 6.96. The molecule has 0 saturated carbocycles. The number of benzene rings is 2. The third-order valence-corrected chi connectivity index (χ3v) is 4.51. The summed E-state index contributed by atoms with van der Waals surface area (Å²) in [7, 11) is 0. The van der Waals surface area contributed by atoms with Crippen molar-refractivity contribution in [3.8, 4) is 0 Å². The van der Waals surface area contributed by atoms with Gasteiger partial charge in [-0.05, 0) is 29.8 Å². The molecule has 0 amide bonds. The molecule has 2 aromatic carbocycles.